The van der Waals surface area contributed by atoms with E-state index in [9.17, 15) is 12.8 Å². The van der Waals surface area contributed by atoms with Crippen molar-refractivity contribution in [3.05, 3.63) is 58.3 Å². The Morgan fingerprint density at radius 2 is 1.76 bits per heavy atom. The van der Waals surface area contributed by atoms with Gasteiger partial charge in [0.25, 0.3) is 0 Å². The number of halogens is 2. The first-order valence-electron chi connectivity index (χ1n) is 6.29. The minimum absolute atomic E-state index is 0.144. The van der Waals surface area contributed by atoms with Crippen LogP contribution in [0.15, 0.2) is 51.8 Å². The molecule has 0 heterocycles. The van der Waals surface area contributed by atoms with Crippen molar-refractivity contribution in [2.45, 2.75) is 17.9 Å². The van der Waals surface area contributed by atoms with E-state index in [4.69, 9.17) is 0 Å². The molecular formula is C15H15BrFNO2S. The fourth-order valence-electron chi connectivity index (χ4n) is 1.93. The standard InChI is InChI=1S/C15H15BrFNO2S/c1-10(18-15-8-5-12(16)9-14(15)17)11-3-6-13(7-4-11)21(2,19)20/h3-10,18H,1-2H3. The number of hydrogen-bond acceptors (Lipinski definition) is 3. The lowest BCUT2D eigenvalue weighted by Crippen LogP contribution is -2.08. The molecule has 21 heavy (non-hydrogen) atoms. The normalized spacial score (nSPS) is 13.0. The summed E-state index contributed by atoms with van der Waals surface area (Å²) in [6, 6.07) is 11.2. The average Bonchev–Trinajstić information content (AvgIpc) is 2.41. The second kappa shape index (κ2) is 6.15. The maximum Gasteiger partial charge on any atom is 0.175 e. The van der Waals surface area contributed by atoms with Crippen LogP contribution in [0.5, 0.6) is 0 Å². The van der Waals surface area contributed by atoms with E-state index in [1.54, 1.807) is 36.4 Å². The molecule has 0 amide bonds. The van der Waals surface area contributed by atoms with Crippen LogP contribution in [-0.4, -0.2) is 14.7 Å². The van der Waals surface area contributed by atoms with Crippen LogP contribution in [0.25, 0.3) is 0 Å². The molecule has 112 valence electrons. The molecule has 2 rings (SSSR count). The number of benzene rings is 2. The van der Waals surface area contributed by atoms with Crippen molar-refractivity contribution in [3.63, 3.8) is 0 Å². The zero-order chi connectivity index (χ0) is 15.6. The highest BCUT2D eigenvalue weighted by Crippen LogP contribution is 2.24. The highest BCUT2D eigenvalue weighted by molar-refractivity contribution is 9.10. The van der Waals surface area contributed by atoms with Crippen LogP contribution in [0.4, 0.5) is 10.1 Å². The first-order valence-corrected chi connectivity index (χ1v) is 8.97. The maximum atomic E-state index is 13.8. The molecule has 0 aliphatic carbocycles. The minimum Gasteiger partial charge on any atom is -0.376 e. The van der Waals surface area contributed by atoms with Crippen LogP contribution in [-0.2, 0) is 9.84 Å². The summed E-state index contributed by atoms with van der Waals surface area (Å²) in [6.45, 7) is 1.89. The molecular weight excluding hydrogens is 357 g/mol. The maximum absolute atomic E-state index is 13.8. The van der Waals surface area contributed by atoms with Crippen LogP contribution in [0.3, 0.4) is 0 Å². The molecule has 0 aliphatic rings. The van der Waals surface area contributed by atoms with E-state index in [1.165, 1.54) is 12.3 Å². The van der Waals surface area contributed by atoms with Crippen molar-refractivity contribution in [2.24, 2.45) is 0 Å². The van der Waals surface area contributed by atoms with Crippen molar-refractivity contribution >= 4 is 31.5 Å². The van der Waals surface area contributed by atoms with E-state index in [0.717, 1.165) is 5.56 Å². The molecule has 0 aliphatic heterocycles. The molecule has 1 atom stereocenters. The third kappa shape index (κ3) is 4.04. The van der Waals surface area contributed by atoms with E-state index in [1.807, 2.05) is 6.92 Å². The van der Waals surface area contributed by atoms with Gasteiger partial charge in [-0.15, -0.1) is 0 Å². The Morgan fingerprint density at radius 1 is 1.14 bits per heavy atom. The zero-order valence-corrected chi connectivity index (χ0v) is 14.0. The average molecular weight is 372 g/mol. The second-order valence-electron chi connectivity index (χ2n) is 4.83. The van der Waals surface area contributed by atoms with Crippen LogP contribution in [0, 0.1) is 5.82 Å². The molecule has 0 radical (unpaired) electrons. The number of nitrogens with one attached hydrogen (secondary N) is 1. The third-order valence-corrected chi connectivity index (χ3v) is 4.73. The van der Waals surface area contributed by atoms with Gasteiger partial charge in [0.1, 0.15) is 5.82 Å². The quantitative estimate of drug-likeness (QED) is 0.877. The first-order chi connectivity index (χ1) is 9.77. The second-order valence-corrected chi connectivity index (χ2v) is 7.76. The molecule has 0 saturated heterocycles. The summed E-state index contributed by atoms with van der Waals surface area (Å²) in [6.07, 6.45) is 1.17. The van der Waals surface area contributed by atoms with Gasteiger partial charge >= 0.3 is 0 Å². The van der Waals surface area contributed by atoms with Crippen molar-refractivity contribution in [1.29, 1.82) is 0 Å². The summed E-state index contributed by atoms with van der Waals surface area (Å²) in [7, 11) is -3.20. The predicted octanol–water partition coefficient (Wildman–Crippen LogP) is 4.16. The third-order valence-electron chi connectivity index (χ3n) is 3.11. The molecule has 0 saturated carbocycles. The molecule has 2 aromatic rings. The Hall–Kier alpha value is -1.40. The van der Waals surface area contributed by atoms with Gasteiger partial charge in [0.2, 0.25) is 0 Å². The van der Waals surface area contributed by atoms with Gasteiger partial charge in [0.15, 0.2) is 9.84 Å². The highest BCUT2D eigenvalue weighted by Gasteiger charge is 2.11. The lowest BCUT2D eigenvalue weighted by Gasteiger charge is -2.16. The number of anilines is 1. The lowest BCUT2D eigenvalue weighted by molar-refractivity contribution is 0.602. The van der Waals surface area contributed by atoms with E-state index in [-0.39, 0.29) is 16.8 Å². The van der Waals surface area contributed by atoms with Gasteiger partial charge in [0.05, 0.1) is 10.6 Å². The van der Waals surface area contributed by atoms with E-state index in [2.05, 4.69) is 21.2 Å². The van der Waals surface area contributed by atoms with Gasteiger partial charge < -0.3 is 5.32 Å². The van der Waals surface area contributed by atoms with Crippen LogP contribution >= 0.6 is 15.9 Å². The Labute approximate surface area is 132 Å². The molecule has 2 aromatic carbocycles. The summed E-state index contributed by atoms with van der Waals surface area (Å²) < 4.78 is 37.3. The van der Waals surface area contributed by atoms with Crippen molar-refractivity contribution < 1.29 is 12.8 Å². The Kier molecular flexibility index (Phi) is 4.68. The van der Waals surface area contributed by atoms with E-state index >= 15 is 0 Å². The summed E-state index contributed by atoms with van der Waals surface area (Å²) in [5.41, 5.74) is 1.28. The topological polar surface area (TPSA) is 46.2 Å². The van der Waals surface area contributed by atoms with Gasteiger partial charge in [0, 0.05) is 16.8 Å². The minimum atomic E-state index is -3.20. The van der Waals surface area contributed by atoms with E-state index < -0.39 is 9.84 Å². The molecule has 6 heteroatoms. The van der Waals surface area contributed by atoms with Crippen LogP contribution in [0.1, 0.15) is 18.5 Å². The smallest absolute Gasteiger partial charge is 0.175 e. The molecule has 3 nitrogen and oxygen atoms in total. The van der Waals surface area contributed by atoms with Gasteiger partial charge in [-0.25, -0.2) is 12.8 Å². The van der Waals surface area contributed by atoms with E-state index in [0.29, 0.717) is 10.2 Å². The fourth-order valence-corrected chi connectivity index (χ4v) is 2.89. The van der Waals surface area contributed by atoms with Crippen LogP contribution < -0.4 is 5.32 Å². The number of sulfone groups is 1. The molecule has 0 fully saturated rings. The molecule has 1 unspecified atom stereocenters. The van der Waals surface area contributed by atoms with Crippen LogP contribution in [0.2, 0.25) is 0 Å². The largest absolute Gasteiger partial charge is 0.376 e. The predicted molar refractivity (Wildman–Crippen MR) is 85.7 cm³/mol. The molecule has 0 bridgehead atoms. The van der Waals surface area contributed by atoms with Crippen molar-refractivity contribution in [1.82, 2.24) is 0 Å². The molecule has 0 spiro atoms. The summed E-state index contributed by atoms with van der Waals surface area (Å²) in [4.78, 5) is 0.272. The Bertz CT molecular complexity index is 745. The van der Waals surface area contributed by atoms with Gasteiger partial charge in [-0.3, -0.25) is 0 Å². The molecule has 0 aromatic heterocycles. The first kappa shape index (κ1) is 16.0. The van der Waals surface area contributed by atoms with Gasteiger partial charge in [-0.2, -0.15) is 0 Å². The Morgan fingerprint density at radius 3 is 2.29 bits per heavy atom. The zero-order valence-electron chi connectivity index (χ0n) is 11.6. The SMILES string of the molecule is CC(Nc1ccc(Br)cc1F)c1ccc(S(C)(=O)=O)cc1. The van der Waals surface area contributed by atoms with Crippen molar-refractivity contribution in [2.75, 3.05) is 11.6 Å². The summed E-state index contributed by atoms with van der Waals surface area (Å²) in [5, 5.41) is 3.07. The van der Waals surface area contributed by atoms with Crippen molar-refractivity contribution in [3.8, 4) is 0 Å². The molecule has 1 N–H and O–H groups in total. The number of hydrogen-bond donors (Lipinski definition) is 1. The monoisotopic (exact) mass is 371 g/mol. The lowest BCUT2D eigenvalue weighted by atomic mass is 10.1. The summed E-state index contributed by atoms with van der Waals surface area (Å²) in [5.74, 6) is -0.344. The van der Waals surface area contributed by atoms with Gasteiger partial charge in [-0.1, -0.05) is 28.1 Å². The van der Waals surface area contributed by atoms with Gasteiger partial charge in [-0.05, 0) is 42.8 Å². The fraction of sp³-hybridized carbons (Fsp3) is 0.200. The Balaban J connectivity index is 2.18. The highest BCUT2D eigenvalue weighted by atomic mass is 79.9. The summed E-state index contributed by atoms with van der Waals surface area (Å²) >= 11 is 3.21. The number of rotatable bonds is 4.